The predicted octanol–water partition coefficient (Wildman–Crippen LogP) is 14.9. The third-order valence-corrected chi connectivity index (χ3v) is 10.8. The Bertz CT molecular complexity index is 2910. The number of aromatic nitrogens is 1. The summed E-state index contributed by atoms with van der Waals surface area (Å²) >= 11 is 0. The van der Waals surface area contributed by atoms with E-state index in [1.807, 2.05) is 0 Å². The third-order valence-electron chi connectivity index (χ3n) is 10.8. The van der Waals surface area contributed by atoms with E-state index >= 15 is 0 Å². The van der Waals surface area contributed by atoms with Crippen LogP contribution in [0.15, 0.2) is 231 Å². The molecule has 2 heteroatoms. The van der Waals surface area contributed by atoms with E-state index in [1.165, 1.54) is 66.3 Å². The number of nitrogens with zero attached hydrogens (tertiary/aromatic N) is 2. The number of rotatable bonds is 8. The molecule has 0 aliphatic heterocycles. The highest BCUT2D eigenvalue weighted by Crippen LogP contribution is 2.39. The van der Waals surface area contributed by atoms with Crippen molar-refractivity contribution in [3.05, 3.63) is 231 Å². The molecule has 10 rings (SSSR count). The zero-order valence-corrected chi connectivity index (χ0v) is 30.8. The Hall–Kier alpha value is -7.42. The normalized spacial score (nSPS) is 11.2. The highest BCUT2D eigenvalue weighted by Gasteiger charge is 2.16. The van der Waals surface area contributed by atoms with Crippen LogP contribution in [0.5, 0.6) is 0 Å². The maximum absolute atomic E-state index is 2.38. The van der Waals surface area contributed by atoms with E-state index in [2.05, 4.69) is 240 Å². The summed E-state index contributed by atoms with van der Waals surface area (Å²) in [5, 5.41) is 2.50. The molecule has 2 nitrogen and oxygen atoms in total. The first-order valence-electron chi connectivity index (χ1n) is 19.2. The molecule has 0 bridgehead atoms. The third kappa shape index (κ3) is 6.24. The Morgan fingerprint density at radius 3 is 1.30 bits per heavy atom. The number of para-hydroxylation sites is 2. The summed E-state index contributed by atoms with van der Waals surface area (Å²) in [6.45, 7) is 0. The van der Waals surface area contributed by atoms with Gasteiger partial charge in [0.1, 0.15) is 0 Å². The number of anilines is 3. The molecule has 1 heterocycles. The lowest BCUT2D eigenvalue weighted by Gasteiger charge is -2.26. The van der Waals surface area contributed by atoms with Gasteiger partial charge in [-0.1, -0.05) is 164 Å². The molecule has 0 saturated heterocycles. The van der Waals surface area contributed by atoms with Gasteiger partial charge in [0.15, 0.2) is 0 Å². The molecular weight excluding hydrogens is 677 g/mol. The van der Waals surface area contributed by atoms with Crippen LogP contribution in [0.3, 0.4) is 0 Å². The Kier molecular flexibility index (Phi) is 8.55. The van der Waals surface area contributed by atoms with Crippen LogP contribution in [-0.4, -0.2) is 4.57 Å². The van der Waals surface area contributed by atoms with Gasteiger partial charge in [0.25, 0.3) is 0 Å². The van der Waals surface area contributed by atoms with Crippen LogP contribution in [0.2, 0.25) is 0 Å². The van der Waals surface area contributed by atoms with Crippen molar-refractivity contribution in [2.75, 3.05) is 4.90 Å². The van der Waals surface area contributed by atoms with Gasteiger partial charge in [-0.05, 0) is 111 Å². The summed E-state index contributed by atoms with van der Waals surface area (Å²) < 4.78 is 2.38. The van der Waals surface area contributed by atoms with Crippen LogP contribution >= 0.6 is 0 Å². The van der Waals surface area contributed by atoms with Crippen LogP contribution in [-0.2, 0) is 0 Å². The van der Waals surface area contributed by atoms with Gasteiger partial charge in [-0.3, -0.25) is 0 Å². The Balaban J connectivity index is 0.967. The molecule has 0 aliphatic rings. The average molecular weight is 715 g/mol. The Morgan fingerprint density at radius 1 is 0.250 bits per heavy atom. The molecule has 0 N–H and O–H groups in total. The van der Waals surface area contributed by atoms with Crippen molar-refractivity contribution in [2.24, 2.45) is 0 Å². The van der Waals surface area contributed by atoms with Crippen molar-refractivity contribution in [3.8, 4) is 50.2 Å². The first-order chi connectivity index (χ1) is 27.8. The molecule has 0 radical (unpaired) electrons. The van der Waals surface area contributed by atoms with Crippen molar-refractivity contribution >= 4 is 38.9 Å². The van der Waals surface area contributed by atoms with E-state index in [1.54, 1.807) is 0 Å². The smallest absolute Gasteiger partial charge is 0.0541 e. The molecule has 56 heavy (non-hydrogen) atoms. The minimum Gasteiger partial charge on any atom is -0.310 e. The summed E-state index contributed by atoms with van der Waals surface area (Å²) in [5.74, 6) is 0. The van der Waals surface area contributed by atoms with E-state index in [4.69, 9.17) is 0 Å². The maximum atomic E-state index is 2.38. The molecule has 0 unspecified atom stereocenters. The molecule has 10 aromatic rings. The fourth-order valence-electron chi connectivity index (χ4n) is 8.00. The minimum atomic E-state index is 1.11. The van der Waals surface area contributed by atoms with Gasteiger partial charge in [0.05, 0.1) is 11.0 Å². The van der Waals surface area contributed by atoms with Gasteiger partial charge in [0, 0.05) is 33.5 Å². The topological polar surface area (TPSA) is 8.17 Å². The highest BCUT2D eigenvalue weighted by molar-refractivity contribution is 6.10. The van der Waals surface area contributed by atoms with Crippen LogP contribution in [0, 0.1) is 0 Å². The predicted molar refractivity (Wildman–Crippen MR) is 237 cm³/mol. The zero-order chi connectivity index (χ0) is 37.3. The van der Waals surface area contributed by atoms with E-state index in [0.29, 0.717) is 0 Å². The Morgan fingerprint density at radius 2 is 0.661 bits per heavy atom. The fraction of sp³-hybridized carbons (Fsp3) is 0. The summed E-state index contributed by atoms with van der Waals surface area (Å²) in [7, 11) is 0. The molecule has 264 valence electrons. The second-order valence-corrected chi connectivity index (χ2v) is 14.2. The van der Waals surface area contributed by atoms with Crippen molar-refractivity contribution < 1.29 is 0 Å². The molecule has 0 saturated carbocycles. The molecule has 9 aromatic carbocycles. The summed E-state index contributed by atoms with van der Waals surface area (Å²) in [4.78, 5) is 2.33. The zero-order valence-electron chi connectivity index (χ0n) is 30.8. The van der Waals surface area contributed by atoms with Gasteiger partial charge in [-0.25, -0.2) is 0 Å². The molecule has 1 aromatic heterocycles. The minimum absolute atomic E-state index is 1.11. The van der Waals surface area contributed by atoms with Gasteiger partial charge in [-0.2, -0.15) is 0 Å². The van der Waals surface area contributed by atoms with Crippen molar-refractivity contribution in [3.63, 3.8) is 0 Å². The average Bonchev–Trinajstić information content (AvgIpc) is 3.62. The van der Waals surface area contributed by atoms with Gasteiger partial charge in [0.2, 0.25) is 0 Å². The maximum Gasteiger partial charge on any atom is 0.0541 e. The Labute approximate surface area is 327 Å². The molecule has 0 spiro atoms. The van der Waals surface area contributed by atoms with E-state index in [0.717, 1.165) is 22.7 Å². The van der Waals surface area contributed by atoms with Gasteiger partial charge in [-0.15, -0.1) is 0 Å². The highest BCUT2D eigenvalue weighted by atomic mass is 15.1. The molecule has 0 aliphatic carbocycles. The standard InChI is InChI=1S/C54H38N2/c1-4-13-39(14-5-1)41-27-32-48(33-28-41)55(47-18-8-3-9-19-47)50-20-12-17-45(37-50)43-23-25-44(26-24-43)46-31-36-54-52(38-46)51-21-10-11-22-53(51)56(54)49-34-29-42(30-35-49)40-15-6-2-7-16-40/h1-38H. The molecular formula is C54H38N2. The number of fused-ring (bicyclic) bond motifs is 3. The van der Waals surface area contributed by atoms with Crippen LogP contribution in [0.25, 0.3) is 72.0 Å². The monoisotopic (exact) mass is 714 g/mol. The van der Waals surface area contributed by atoms with Crippen molar-refractivity contribution in [1.29, 1.82) is 0 Å². The molecule has 0 amide bonds. The summed E-state index contributed by atoms with van der Waals surface area (Å²) in [5.41, 5.74) is 16.5. The van der Waals surface area contributed by atoms with E-state index in [-0.39, 0.29) is 0 Å². The molecule has 0 fully saturated rings. The first kappa shape index (κ1) is 33.2. The van der Waals surface area contributed by atoms with Gasteiger partial charge < -0.3 is 9.47 Å². The lowest BCUT2D eigenvalue weighted by Crippen LogP contribution is -2.09. The van der Waals surface area contributed by atoms with Crippen molar-refractivity contribution in [1.82, 2.24) is 4.57 Å². The second-order valence-electron chi connectivity index (χ2n) is 14.2. The van der Waals surface area contributed by atoms with Crippen molar-refractivity contribution in [2.45, 2.75) is 0 Å². The lowest BCUT2D eigenvalue weighted by atomic mass is 9.98. The molecule has 0 atom stereocenters. The SMILES string of the molecule is c1ccc(-c2ccc(N(c3ccccc3)c3cccc(-c4ccc(-c5ccc6c(c5)c5ccccc5n6-c5ccc(-c6ccccc6)cc5)cc4)c3)cc2)cc1. The fourth-order valence-corrected chi connectivity index (χ4v) is 8.00. The largest absolute Gasteiger partial charge is 0.310 e. The van der Waals surface area contributed by atoms with E-state index < -0.39 is 0 Å². The van der Waals surface area contributed by atoms with Crippen LogP contribution in [0.1, 0.15) is 0 Å². The number of benzene rings is 9. The lowest BCUT2D eigenvalue weighted by molar-refractivity contribution is 1.18. The van der Waals surface area contributed by atoms with Crippen LogP contribution < -0.4 is 4.90 Å². The summed E-state index contributed by atoms with van der Waals surface area (Å²) in [6, 6.07) is 82.9. The first-order valence-corrected chi connectivity index (χ1v) is 19.2. The number of hydrogen-bond acceptors (Lipinski definition) is 1. The quantitative estimate of drug-likeness (QED) is 0.152. The second kappa shape index (κ2) is 14.4. The van der Waals surface area contributed by atoms with Gasteiger partial charge >= 0.3 is 0 Å². The van der Waals surface area contributed by atoms with Crippen LogP contribution in [0.4, 0.5) is 17.1 Å². The summed E-state index contributed by atoms with van der Waals surface area (Å²) in [6.07, 6.45) is 0. The van der Waals surface area contributed by atoms with E-state index in [9.17, 15) is 0 Å². The number of hydrogen-bond donors (Lipinski definition) is 0.